The second kappa shape index (κ2) is 8.76. The van der Waals surface area contributed by atoms with Crippen molar-refractivity contribution < 1.29 is 4.74 Å². The van der Waals surface area contributed by atoms with E-state index >= 15 is 0 Å². The van der Waals surface area contributed by atoms with E-state index in [1.807, 2.05) is 24.5 Å². The van der Waals surface area contributed by atoms with E-state index in [0.29, 0.717) is 0 Å². The van der Waals surface area contributed by atoms with Gasteiger partial charge in [0.1, 0.15) is 5.82 Å². The van der Waals surface area contributed by atoms with Crippen LogP contribution in [0.1, 0.15) is 43.4 Å². The van der Waals surface area contributed by atoms with Crippen LogP contribution in [0.25, 0.3) is 11.4 Å². The molecule has 2 aromatic rings. The molecule has 3 aliphatic rings. The average molecular weight is 394 g/mol. The standard InChI is InChI=1S/C23H31N5O/c1-2-4-18(5-3-1)16-27-11-8-21-20(17-27)23(28-12-14-29-15-13-28)26-22(25-21)19-6-9-24-10-7-19/h6-7,9-10,18H,1-5,8,11-17H2. The maximum Gasteiger partial charge on any atom is 0.161 e. The maximum absolute atomic E-state index is 5.60. The van der Waals surface area contributed by atoms with Crippen LogP contribution < -0.4 is 4.90 Å². The number of nitrogens with zero attached hydrogens (tertiary/aromatic N) is 5. The molecule has 1 saturated heterocycles. The monoisotopic (exact) mass is 393 g/mol. The lowest BCUT2D eigenvalue weighted by Gasteiger charge is -2.36. The third-order valence-electron chi connectivity index (χ3n) is 6.61. The predicted molar refractivity (Wildman–Crippen MR) is 114 cm³/mol. The highest BCUT2D eigenvalue weighted by Crippen LogP contribution is 2.32. The van der Waals surface area contributed by atoms with Crippen molar-refractivity contribution in [3.8, 4) is 11.4 Å². The number of fused-ring (bicyclic) bond motifs is 1. The first-order chi connectivity index (χ1) is 14.4. The van der Waals surface area contributed by atoms with Gasteiger partial charge in [0.05, 0.1) is 18.9 Å². The zero-order valence-electron chi connectivity index (χ0n) is 17.2. The molecule has 5 rings (SSSR count). The molecular weight excluding hydrogens is 362 g/mol. The van der Waals surface area contributed by atoms with Gasteiger partial charge in [-0.1, -0.05) is 19.3 Å². The van der Waals surface area contributed by atoms with Crippen molar-refractivity contribution in [2.45, 2.75) is 45.1 Å². The van der Waals surface area contributed by atoms with Crippen LogP contribution in [-0.2, 0) is 17.7 Å². The third-order valence-corrected chi connectivity index (χ3v) is 6.61. The predicted octanol–water partition coefficient (Wildman–Crippen LogP) is 3.31. The summed E-state index contributed by atoms with van der Waals surface area (Å²) in [6, 6.07) is 4.01. The Morgan fingerprint density at radius 1 is 0.966 bits per heavy atom. The fraction of sp³-hybridized carbons (Fsp3) is 0.609. The van der Waals surface area contributed by atoms with Gasteiger partial charge in [-0.05, 0) is 30.9 Å². The molecule has 0 bridgehead atoms. The fourth-order valence-corrected chi connectivity index (χ4v) is 5.01. The molecule has 0 spiro atoms. The van der Waals surface area contributed by atoms with E-state index in [1.165, 1.54) is 49.9 Å². The lowest BCUT2D eigenvalue weighted by Crippen LogP contribution is -2.40. The number of hydrogen-bond acceptors (Lipinski definition) is 6. The second-order valence-electron chi connectivity index (χ2n) is 8.62. The fourth-order valence-electron chi connectivity index (χ4n) is 5.01. The molecule has 1 saturated carbocycles. The minimum Gasteiger partial charge on any atom is -0.378 e. The second-order valence-corrected chi connectivity index (χ2v) is 8.62. The van der Waals surface area contributed by atoms with E-state index < -0.39 is 0 Å². The first-order valence-electron chi connectivity index (χ1n) is 11.2. The quantitative estimate of drug-likeness (QED) is 0.794. The smallest absolute Gasteiger partial charge is 0.161 e. The van der Waals surface area contributed by atoms with Crippen LogP contribution in [0, 0.1) is 5.92 Å². The van der Waals surface area contributed by atoms with E-state index in [0.717, 1.165) is 68.9 Å². The van der Waals surface area contributed by atoms with Crippen LogP contribution >= 0.6 is 0 Å². The molecule has 6 nitrogen and oxygen atoms in total. The Labute approximate surface area is 173 Å². The van der Waals surface area contributed by atoms with Crippen LogP contribution in [0.2, 0.25) is 0 Å². The Kier molecular flexibility index (Phi) is 5.72. The maximum atomic E-state index is 5.60. The average Bonchev–Trinajstić information content (AvgIpc) is 2.80. The first-order valence-corrected chi connectivity index (χ1v) is 11.2. The summed E-state index contributed by atoms with van der Waals surface area (Å²) in [6.45, 7) is 6.68. The molecular formula is C23H31N5O. The highest BCUT2D eigenvalue weighted by Gasteiger charge is 2.28. The molecule has 4 heterocycles. The molecule has 2 aliphatic heterocycles. The molecule has 0 atom stereocenters. The van der Waals surface area contributed by atoms with E-state index in [2.05, 4.69) is 14.8 Å². The molecule has 2 aromatic heterocycles. The van der Waals surface area contributed by atoms with Gasteiger partial charge in [0.25, 0.3) is 0 Å². The van der Waals surface area contributed by atoms with Crippen LogP contribution in [-0.4, -0.2) is 59.2 Å². The van der Waals surface area contributed by atoms with Gasteiger partial charge in [-0.15, -0.1) is 0 Å². The van der Waals surface area contributed by atoms with Gasteiger partial charge >= 0.3 is 0 Å². The first kappa shape index (κ1) is 18.9. The van der Waals surface area contributed by atoms with E-state index in [-0.39, 0.29) is 0 Å². The van der Waals surface area contributed by atoms with Crippen LogP contribution in [0.3, 0.4) is 0 Å². The Hall–Kier alpha value is -2.05. The SMILES string of the molecule is c1cc(-c2nc3c(c(N4CCOCC4)n2)CN(CC2CCCCC2)CC3)ccn1. The van der Waals surface area contributed by atoms with Gasteiger partial charge in [0.2, 0.25) is 0 Å². The van der Waals surface area contributed by atoms with Gasteiger partial charge in [-0.25, -0.2) is 9.97 Å². The lowest BCUT2D eigenvalue weighted by atomic mass is 9.88. The topological polar surface area (TPSA) is 54.4 Å². The summed E-state index contributed by atoms with van der Waals surface area (Å²) in [5.74, 6) is 2.82. The summed E-state index contributed by atoms with van der Waals surface area (Å²) in [5.41, 5.74) is 3.61. The molecule has 0 N–H and O–H groups in total. The van der Waals surface area contributed by atoms with E-state index in [9.17, 15) is 0 Å². The molecule has 29 heavy (non-hydrogen) atoms. The molecule has 0 amide bonds. The summed E-state index contributed by atoms with van der Waals surface area (Å²) in [7, 11) is 0. The van der Waals surface area contributed by atoms with Gasteiger partial charge in [-0.3, -0.25) is 9.88 Å². The summed E-state index contributed by atoms with van der Waals surface area (Å²) in [6.07, 6.45) is 11.7. The third kappa shape index (κ3) is 4.28. The minimum atomic E-state index is 0.773. The van der Waals surface area contributed by atoms with Crippen molar-refractivity contribution in [2.75, 3.05) is 44.3 Å². The Balaban J connectivity index is 1.44. The van der Waals surface area contributed by atoms with Gasteiger partial charge in [0.15, 0.2) is 5.82 Å². The molecule has 6 heteroatoms. The number of ether oxygens (including phenoxy) is 1. The van der Waals surface area contributed by atoms with Crippen molar-refractivity contribution >= 4 is 5.82 Å². The minimum absolute atomic E-state index is 0.773. The van der Waals surface area contributed by atoms with Gasteiger partial charge < -0.3 is 9.64 Å². The highest BCUT2D eigenvalue weighted by molar-refractivity contribution is 5.60. The van der Waals surface area contributed by atoms with Crippen molar-refractivity contribution in [3.63, 3.8) is 0 Å². The molecule has 0 radical (unpaired) electrons. The number of aromatic nitrogens is 3. The summed E-state index contributed by atoms with van der Waals surface area (Å²) in [5, 5.41) is 0. The largest absolute Gasteiger partial charge is 0.378 e. The van der Waals surface area contributed by atoms with Crippen molar-refractivity contribution in [3.05, 3.63) is 35.8 Å². The normalized spacial score (nSPS) is 21.2. The van der Waals surface area contributed by atoms with Crippen molar-refractivity contribution in [2.24, 2.45) is 5.92 Å². The number of rotatable bonds is 4. The van der Waals surface area contributed by atoms with Gasteiger partial charge in [-0.2, -0.15) is 0 Å². The van der Waals surface area contributed by atoms with Crippen LogP contribution in [0.15, 0.2) is 24.5 Å². The van der Waals surface area contributed by atoms with Crippen LogP contribution in [0.5, 0.6) is 0 Å². The highest BCUT2D eigenvalue weighted by atomic mass is 16.5. The molecule has 0 unspecified atom stereocenters. The molecule has 2 fully saturated rings. The zero-order valence-corrected chi connectivity index (χ0v) is 17.2. The summed E-state index contributed by atoms with van der Waals surface area (Å²) >= 11 is 0. The Bertz CT molecular complexity index is 816. The number of morpholine rings is 1. The summed E-state index contributed by atoms with van der Waals surface area (Å²) < 4.78 is 5.60. The zero-order chi connectivity index (χ0) is 19.5. The van der Waals surface area contributed by atoms with Gasteiger partial charge in [0, 0.05) is 62.7 Å². The van der Waals surface area contributed by atoms with E-state index in [1.54, 1.807) is 0 Å². The van der Waals surface area contributed by atoms with E-state index in [4.69, 9.17) is 14.7 Å². The van der Waals surface area contributed by atoms with Crippen molar-refractivity contribution in [1.29, 1.82) is 0 Å². The van der Waals surface area contributed by atoms with Crippen LogP contribution in [0.4, 0.5) is 5.82 Å². The Morgan fingerprint density at radius 3 is 2.55 bits per heavy atom. The molecule has 1 aliphatic carbocycles. The Morgan fingerprint density at radius 2 is 1.76 bits per heavy atom. The number of anilines is 1. The summed E-state index contributed by atoms with van der Waals surface area (Å²) in [4.78, 5) is 19.3. The lowest BCUT2D eigenvalue weighted by molar-refractivity contribution is 0.122. The molecule has 0 aromatic carbocycles. The van der Waals surface area contributed by atoms with Crippen molar-refractivity contribution in [1.82, 2.24) is 19.9 Å². The molecule has 154 valence electrons. The number of hydrogen-bond donors (Lipinski definition) is 0. The number of pyridine rings is 1.